The Labute approximate surface area is 142 Å². The second-order valence-electron chi connectivity index (χ2n) is 4.85. The number of thiophene rings is 1. The van der Waals surface area contributed by atoms with Gasteiger partial charge in [-0.2, -0.15) is 5.26 Å². The number of nitrogens with zero attached hydrogens (tertiary/aromatic N) is 2. The summed E-state index contributed by atoms with van der Waals surface area (Å²) in [6.45, 7) is -0.281. The average molecular weight is 346 g/mol. The highest BCUT2D eigenvalue weighted by Crippen LogP contribution is 2.16. The Morgan fingerprint density at radius 1 is 1.25 bits per heavy atom. The number of hydrogen-bond acceptors (Lipinski definition) is 5. The molecule has 0 aliphatic rings. The molecule has 0 radical (unpaired) electrons. The molecule has 0 saturated heterocycles. The van der Waals surface area contributed by atoms with Gasteiger partial charge in [-0.25, -0.2) is 4.39 Å². The first-order chi connectivity index (χ1) is 11.6. The lowest BCUT2D eigenvalue weighted by atomic mass is 10.2. The SMILES string of the molecule is N#CCCN(C(=O)COC(=O)Cc1cccs1)c1ccc(F)cc1. The normalized spacial score (nSPS) is 10.0. The Kier molecular flexibility index (Phi) is 6.46. The molecule has 0 atom stereocenters. The number of benzene rings is 1. The maximum Gasteiger partial charge on any atom is 0.311 e. The molecule has 1 heterocycles. The summed E-state index contributed by atoms with van der Waals surface area (Å²) in [5, 5.41) is 10.6. The number of carbonyl (C=O) groups excluding carboxylic acids is 2. The molecule has 0 aliphatic heterocycles. The number of nitriles is 1. The number of hydrogen-bond donors (Lipinski definition) is 0. The highest BCUT2D eigenvalue weighted by molar-refractivity contribution is 7.10. The van der Waals surface area contributed by atoms with Crippen molar-refractivity contribution in [2.24, 2.45) is 0 Å². The van der Waals surface area contributed by atoms with Crippen LogP contribution in [0.5, 0.6) is 0 Å². The summed E-state index contributed by atoms with van der Waals surface area (Å²) in [7, 11) is 0. The van der Waals surface area contributed by atoms with Crippen molar-refractivity contribution >= 4 is 28.9 Å². The molecule has 5 nitrogen and oxygen atoms in total. The van der Waals surface area contributed by atoms with Gasteiger partial charge in [0.15, 0.2) is 6.61 Å². The number of amides is 1. The fourth-order valence-electron chi connectivity index (χ4n) is 2.01. The largest absolute Gasteiger partial charge is 0.455 e. The van der Waals surface area contributed by atoms with E-state index < -0.39 is 24.3 Å². The van der Waals surface area contributed by atoms with Gasteiger partial charge in [0.2, 0.25) is 0 Å². The van der Waals surface area contributed by atoms with Crippen LogP contribution in [0.2, 0.25) is 0 Å². The molecule has 1 aromatic heterocycles. The maximum absolute atomic E-state index is 13.0. The predicted octanol–water partition coefficient (Wildman–Crippen LogP) is 2.92. The van der Waals surface area contributed by atoms with E-state index in [0.717, 1.165) is 4.88 Å². The molecule has 0 N–H and O–H groups in total. The summed E-state index contributed by atoms with van der Waals surface area (Å²) in [5.74, 6) is -1.38. The average Bonchev–Trinajstić information content (AvgIpc) is 3.07. The molecule has 2 rings (SSSR count). The molecule has 124 valence electrons. The minimum atomic E-state index is -0.495. The lowest BCUT2D eigenvalue weighted by Crippen LogP contribution is -2.35. The summed E-state index contributed by atoms with van der Waals surface area (Å²) < 4.78 is 18.0. The van der Waals surface area contributed by atoms with E-state index in [1.165, 1.54) is 40.5 Å². The van der Waals surface area contributed by atoms with Gasteiger partial charge in [-0.1, -0.05) is 6.07 Å². The Morgan fingerprint density at radius 3 is 2.62 bits per heavy atom. The highest BCUT2D eigenvalue weighted by atomic mass is 32.1. The topological polar surface area (TPSA) is 70.4 Å². The van der Waals surface area contributed by atoms with E-state index in [4.69, 9.17) is 10.00 Å². The third-order valence-corrected chi connectivity index (χ3v) is 4.02. The van der Waals surface area contributed by atoms with Gasteiger partial charge < -0.3 is 9.64 Å². The van der Waals surface area contributed by atoms with Crippen LogP contribution in [0.1, 0.15) is 11.3 Å². The summed E-state index contributed by atoms with van der Waals surface area (Å²) in [6.07, 6.45) is 0.228. The van der Waals surface area contributed by atoms with Crippen molar-refractivity contribution in [3.63, 3.8) is 0 Å². The smallest absolute Gasteiger partial charge is 0.311 e. The molecular formula is C17H15FN2O3S. The van der Waals surface area contributed by atoms with Crippen molar-refractivity contribution in [1.29, 1.82) is 5.26 Å². The number of esters is 1. The van der Waals surface area contributed by atoms with Crippen molar-refractivity contribution in [2.75, 3.05) is 18.1 Å². The molecule has 0 unspecified atom stereocenters. The molecule has 0 saturated carbocycles. The zero-order chi connectivity index (χ0) is 17.4. The summed E-state index contributed by atoms with van der Waals surface area (Å²) in [6, 6.07) is 10.9. The highest BCUT2D eigenvalue weighted by Gasteiger charge is 2.18. The van der Waals surface area contributed by atoms with Gasteiger partial charge in [-0.05, 0) is 35.7 Å². The minimum absolute atomic E-state index is 0.111. The Morgan fingerprint density at radius 2 is 2.00 bits per heavy atom. The number of rotatable bonds is 7. The lowest BCUT2D eigenvalue weighted by Gasteiger charge is -2.21. The van der Waals surface area contributed by atoms with Crippen LogP contribution in [0.25, 0.3) is 0 Å². The molecule has 0 bridgehead atoms. The van der Waals surface area contributed by atoms with E-state index in [2.05, 4.69) is 0 Å². The molecule has 1 amide bonds. The van der Waals surface area contributed by atoms with Gasteiger partial charge >= 0.3 is 5.97 Å². The summed E-state index contributed by atoms with van der Waals surface area (Å²) >= 11 is 1.43. The zero-order valence-corrected chi connectivity index (χ0v) is 13.6. The van der Waals surface area contributed by atoms with Crippen LogP contribution in [-0.4, -0.2) is 25.0 Å². The number of carbonyl (C=O) groups is 2. The molecule has 0 aliphatic carbocycles. The predicted molar refractivity (Wildman–Crippen MR) is 88.0 cm³/mol. The Hall–Kier alpha value is -2.72. The van der Waals surface area contributed by atoms with Gasteiger partial charge in [0.1, 0.15) is 5.82 Å². The van der Waals surface area contributed by atoms with Gasteiger partial charge in [0, 0.05) is 17.1 Å². The molecule has 24 heavy (non-hydrogen) atoms. The molecule has 0 spiro atoms. The van der Waals surface area contributed by atoms with Crippen molar-refractivity contribution in [2.45, 2.75) is 12.8 Å². The first-order valence-electron chi connectivity index (χ1n) is 7.21. The van der Waals surface area contributed by atoms with Gasteiger partial charge in [-0.3, -0.25) is 9.59 Å². The molecule has 2 aromatic rings. The van der Waals surface area contributed by atoms with Crippen LogP contribution in [0.4, 0.5) is 10.1 Å². The van der Waals surface area contributed by atoms with Crippen LogP contribution in [0.15, 0.2) is 41.8 Å². The van der Waals surface area contributed by atoms with E-state index in [0.29, 0.717) is 5.69 Å². The lowest BCUT2D eigenvalue weighted by molar-refractivity contribution is -0.147. The molecule has 1 aromatic carbocycles. The number of halogens is 1. The van der Waals surface area contributed by atoms with E-state index in [1.807, 2.05) is 23.6 Å². The van der Waals surface area contributed by atoms with Crippen LogP contribution < -0.4 is 4.90 Å². The Balaban J connectivity index is 1.95. The van der Waals surface area contributed by atoms with E-state index in [1.54, 1.807) is 0 Å². The van der Waals surface area contributed by atoms with E-state index in [-0.39, 0.29) is 19.4 Å². The van der Waals surface area contributed by atoms with Crippen LogP contribution in [0, 0.1) is 17.1 Å². The number of anilines is 1. The van der Waals surface area contributed by atoms with Gasteiger partial charge in [0.05, 0.1) is 18.9 Å². The van der Waals surface area contributed by atoms with Crippen molar-refractivity contribution in [3.05, 3.63) is 52.5 Å². The van der Waals surface area contributed by atoms with E-state index in [9.17, 15) is 14.0 Å². The quantitative estimate of drug-likeness (QED) is 0.723. The van der Waals surface area contributed by atoms with Crippen molar-refractivity contribution < 1.29 is 18.7 Å². The molecular weight excluding hydrogens is 331 g/mol. The number of ether oxygens (including phenoxy) is 1. The van der Waals surface area contributed by atoms with Gasteiger partial charge in [-0.15, -0.1) is 11.3 Å². The standard InChI is InChI=1S/C17H15FN2O3S/c18-13-4-6-14(7-5-13)20(9-2-8-19)16(21)12-23-17(22)11-15-3-1-10-24-15/h1,3-7,10H,2,9,11-12H2. The summed E-state index contributed by atoms with van der Waals surface area (Å²) in [4.78, 5) is 26.2. The first-order valence-corrected chi connectivity index (χ1v) is 8.09. The summed E-state index contributed by atoms with van der Waals surface area (Å²) in [5.41, 5.74) is 0.450. The monoisotopic (exact) mass is 346 g/mol. The van der Waals surface area contributed by atoms with Crippen molar-refractivity contribution in [1.82, 2.24) is 0 Å². The second kappa shape index (κ2) is 8.79. The van der Waals surface area contributed by atoms with Crippen LogP contribution in [0.3, 0.4) is 0 Å². The van der Waals surface area contributed by atoms with E-state index >= 15 is 0 Å². The maximum atomic E-state index is 13.0. The third-order valence-electron chi connectivity index (χ3n) is 3.14. The Bertz CT molecular complexity index is 723. The third kappa shape index (κ3) is 5.18. The first kappa shape index (κ1) is 17.6. The minimum Gasteiger partial charge on any atom is -0.455 e. The molecule has 7 heteroatoms. The molecule has 0 fully saturated rings. The van der Waals surface area contributed by atoms with Gasteiger partial charge in [0.25, 0.3) is 5.91 Å². The zero-order valence-electron chi connectivity index (χ0n) is 12.8. The van der Waals surface area contributed by atoms with Crippen molar-refractivity contribution in [3.8, 4) is 6.07 Å². The fourth-order valence-corrected chi connectivity index (χ4v) is 2.70. The fraction of sp³-hybridized carbons (Fsp3) is 0.235. The van der Waals surface area contributed by atoms with Crippen LogP contribution in [-0.2, 0) is 20.7 Å². The second-order valence-corrected chi connectivity index (χ2v) is 5.88. The van der Waals surface area contributed by atoms with Crippen LogP contribution >= 0.6 is 11.3 Å².